The highest BCUT2D eigenvalue weighted by molar-refractivity contribution is 6.26. The summed E-state index contributed by atoms with van der Waals surface area (Å²) in [6, 6.07) is 40.4. The Balaban J connectivity index is 1.41. The molecule has 11 aromatic rings. The van der Waals surface area contributed by atoms with Crippen molar-refractivity contribution in [1.29, 1.82) is 0 Å². The zero-order valence-corrected chi connectivity index (χ0v) is 27.1. The smallest absolute Gasteiger partial charge is 0.143 e. The summed E-state index contributed by atoms with van der Waals surface area (Å²) < 4.78 is 81.2. The average Bonchev–Trinajstić information content (AvgIpc) is 3.67. The van der Waals surface area contributed by atoms with Gasteiger partial charge in [-0.2, -0.15) is 0 Å². The summed E-state index contributed by atoms with van der Waals surface area (Å²) in [5.41, 5.74) is 4.70. The summed E-state index contributed by atoms with van der Waals surface area (Å²) >= 11 is 0. The molecule has 0 amide bonds. The molecule has 0 radical (unpaired) electrons. The van der Waals surface area contributed by atoms with Gasteiger partial charge in [0.2, 0.25) is 0 Å². The van der Waals surface area contributed by atoms with E-state index in [0.717, 1.165) is 54.2 Å². The minimum atomic E-state index is -0.440. The highest BCUT2D eigenvalue weighted by atomic mass is 16.3. The number of benzene rings is 10. The maximum absolute atomic E-state index is 9.66. The van der Waals surface area contributed by atoms with Gasteiger partial charge in [0.25, 0.3) is 0 Å². The molecule has 0 unspecified atom stereocenters. The second-order valence-electron chi connectivity index (χ2n) is 13.0. The number of rotatable bonds is 3. The van der Waals surface area contributed by atoms with E-state index in [-0.39, 0.29) is 45.7 Å². The normalized spacial score (nSPS) is 14.1. The van der Waals surface area contributed by atoms with Crippen molar-refractivity contribution < 1.29 is 15.4 Å². The number of hydrogen-bond donors (Lipinski definition) is 0. The standard InChI is InChI=1S/C50H30O/c1-2-16-34-30-45(44(29-33(34)15-1)42-25-12-26-46-49(42)43-28-27-32-14-4-6-19-36(32)50(43)51-46)48-40-22-9-7-20-38(40)47(39-21-8-10-23-41(39)48)37-24-11-17-31-13-3-5-18-35(31)37/h1-30H/i7D,8D,9D,10D,20D,21D,22D,23D. The fourth-order valence-corrected chi connectivity index (χ4v) is 8.06. The summed E-state index contributed by atoms with van der Waals surface area (Å²) in [7, 11) is 0. The minimum absolute atomic E-state index is 0.170. The molecule has 0 saturated carbocycles. The Morgan fingerprint density at radius 2 is 0.863 bits per heavy atom. The molecule has 1 heterocycles. The van der Waals surface area contributed by atoms with Crippen LogP contribution in [0.15, 0.2) is 186 Å². The van der Waals surface area contributed by atoms with Crippen molar-refractivity contribution in [3.63, 3.8) is 0 Å². The lowest BCUT2D eigenvalue weighted by molar-refractivity contribution is 0.673. The summed E-state index contributed by atoms with van der Waals surface area (Å²) in [4.78, 5) is 0. The van der Waals surface area contributed by atoms with Crippen LogP contribution in [0.4, 0.5) is 0 Å². The van der Waals surface area contributed by atoms with E-state index in [1.807, 2.05) is 115 Å². The first-order valence-electron chi connectivity index (χ1n) is 20.9. The topological polar surface area (TPSA) is 13.1 Å². The zero-order valence-electron chi connectivity index (χ0n) is 35.1. The Morgan fingerprint density at radius 1 is 0.353 bits per heavy atom. The van der Waals surface area contributed by atoms with Gasteiger partial charge in [0.15, 0.2) is 0 Å². The molecule has 1 nitrogen and oxygen atoms in total. The molecule has 0 aliphatic rings. The average molecular weight is 655 g/mol. The van der Waals surface area contributed by atoms with Crippen LogP contribution in [0.1, 0.15) is 11.0 Å². The third-order valence-corrected chi connectivity index (χ3v) is 10.3. The molecule has 0 bridgehead atoms. The van der Waals surface area contributed by atoms with Crippen LogP contribution >= 0.6 is 0 Å². The summed E-state index contributed by atoms with van der Waals surface area (Å²) in [6.07, 6.45) is 0. The predicted molar refractivity (Wildman–Crippen MR) is 218 cm³/mol. The van der Waals surface area contributed by atoms with E-state index >= 15 is 0 Å². The first-order valence-corrected chi connectivity index (χ1v) is 16.9. The van der Waals surface area contributed by atoms with Crippen LogP contribution in [-0.2, 0) is 0 Å². The van der Waals surface area contributed by atoms with E-state index in [0.29, 0.717) is 33.4 Å². The first kappa shape index (κ1) is 21.4. The molecule has 0 atom stereocenters. The third kappa shape index (κ3) is 4.16. The van der Waals surface area contributed by atoms with E-state index in [1.165, 1.54) is 0 Å². The van der Waals surface area contributed by atoms with Gasteiger partial charge in [0.05, 0.1) is 11.0 Å². The van der Waals surface area contributed by atoms with Crippen LogP contribution < -0.4 is 0 Å². The maximum Gasteiger partial charge on any atom is 0.143 e. The quantitative estimate of drug-likeness (QED) is 0.173. The second kappa shape index (κ2) is 10.9. The van der Waals surface area contributed by atoms with Gasteiger partial charge < -0.3 is 4.42 Å². The number of hydrogen-bond acceptors (Lipinski definition) is 1. The van der Waals surface area contributed by atoms with E-state index in [2.05, 4.69) is 18.2 Å². The van der Waals surface area contributed by atoms with E-state index < -0.39 is 24.2 Å². The predicted octanol–water partition coefficient (Wildman–Crippen LogP) is 14.4. The molecular formula is C50H30O. The minimum Gasteiger partial charge on any atom is -0.455 e. The van der Waals surface area contributed by atoms with Gasteiger partial charge in [0.1, 0.15) is 11.2 Å². The Morgan fingerprint density at radius 3 is 1.55 bits per heavy atom. The number of fused-ring (bicyclic) bond motifs is 9. The van der Waals surface area contributed by atoms with Crippen LogP contribution in [0.3, 0.4) is 0 Å². The molecule has 0 N–H and O–H groups in total. The Kier molecular flexibility index (Phi) is 4.57. The molecule has 0 fully saturated rings. The molecule has 0 spiro atoms. The summed E-state index contributed by atoms with van der Waals surface area (Å²) in [5, 5.41) is 7.89. The van der Waals surface area contributed by atoms with E-state index in [1.54, 1.807) is 0 Å². The van der Waals surface area contributed by atoms with Gasteiger partial charge in [-0.1, -0.05) is 158 Å². The lowest BCUT2D eigenvalue weighted by Crippen LogP contribution is -1.94. The fraction of sp³-hybridized carbons (Fsp3) is 0. The Hall–Kier alpha value is -6.70. The van der Waals surface area contributed by atoms with Gasteiger partial charge in [-0.25, -0.2) is 0 Å². The molecule has 1 aromatic heterocycles. The van der Waals surface area contributed by atoms with Gasteiger partial charge in [-0.3, -0.25) is 0 Å². The summed E-state index contributed by atoms with van der Waals surface area (Å²) in [5.74, 6) is 0. The van der Waals surface area contributed by atoms with Crippen molar-refractivity contribution >= 4 is 75.8 Å². The van der Waals surface area contributed by atoms with Crippen molar-refractivity contribution in [2.24, 2.45) is 0 Å². The third-order valence-electron chi connectivity index (χ3n) is 10.3. The second-order valence-corrected chi connectivity index (χ2v) is 13.0. The molecule has 11 rings (SSSR count). The number of furan rings is 1. The van der Waals surface area contributed by atoms with E-state index in [4.69, 9.17) is 9.90 Å². The highest BCUT2D eigenvalue weighted by Gasteiger charge is 2.22. The molecule has 10 aromatic carbocycles. The molecule has 51 heavy (non-hydrogen) atoms. The lowest BCUT2D eigenvalue weighted by Gasteiger charge is -2.21. The monoisotopic (exact) mass is 654 g/mol. The zero-order chi connectivity index (χ0) is 40.4. The van der Waals surface area contributed by atoms with Crippen molar-refractivity contribution in [3.8, 4) is 33.4 Å². The molecule has 236 valence electrons. The van der Waals surface area contributed by atoms with Gasteiger partial charge in [-0.05, 0) is 106 Å². The molecule has 0 aliphatic heterocycles. The maximum atomic E-state index is 9.66. The van der Waals surface area contributed by atoms with Gasteiger partial charge >= 0.3 is 0 Å². The van der Waals surface area contributed by atoms with Crippen LogP contribution in [0, 0.1) is 0 Å². The molecule has 1 heteroatoms. The largest absolute Gasteiger partial charge is 0.455 e. The first-order chi connectivity index (χ1) is 28.6. The van der Waals surface area contributed by atoms with Crippen LogP contribution in [0.5, 0.6) is 0 Å². The van der Waals surface area contributed by atoms with Crippen molar-refractivity contribution in [1.82, 2.24) is 0 Å². The van der Waals surface area contributed by atoms with Crippen LogP contribution in [0.25, 0.3) is 109 Å². The summed E-state index contributed by atoms with van der Waals surface area (Å²) in [6.45, 7) is 0. The van der Waals surface area contributed by atoms with Crippen LogP contribution in [-0.4, -0.2) is 0 Å². The Labute approximate surface area is 305 Å². The van der Waals surface area contributed by atoms with E-state index in [9.17, 15) is 5.48 Å². The van der Waals surface area contributed by atoms with Crippen molar-refractivity contribution in [3.05, 3.63) is 182 Å². The SMILES string of the molecule is [2H]c1c([2H])c([2H])c2c(-c3cccc4ccccc34)c3c([2H])c([2H])c([2H])c([2H])c3c(-c3cc4ccccc4cc3-c3cccc4oc5c6ccccc6ccc5c34)c2c1[2H]. The fourth-order valence-electron chi connectivity index (χ4n) is 8.06. The van der Waals surface area contributed by atoms with Gasteiger partial charge in [0, 0.05) is 16.2 Å². The van der Waals surface area contributed by atoms with Gasteiger partial charge in [-0.15, -0.1) is 0 Å². The molecular weight excluding hydrogens is 617 g/mol. The van der Waals surface area contributed by atoms with Crippen LogP contribution in [0.2, 0.25) is 0 Å². The molecule has 0 aliphatic carbocycles. The Bertz CT molecular complexity index is 3580. The van der Waals surface area contributed by atoms with Crippen molar-refractivity contribution in [2.45, 2.75) is 0 Å². The lowest BCUT2D eigenvalue weighted by atomic mass is 9.82. The van der Waals surface area contributed by atoms with Crippen molar-refractivity contribution in [2.75, 3.05) is 0 Å². The molecule has 0 saturated heterocycles. The highest BCUT2D eigenvalue weighted by Crippen LogP contribution is 2.49.